The number of carbonyl (C=O) groups is 3. The summed E-state index contributed by atoms with van der Waals surface area (Å²) in [6, 6.07) is 6.77. The lowest BCUT2D eigenvalue weighted by Crippen LogP contribution is -2.44. The van der Waals surface area contributed by atoms with Crippen LogP contribution in [0.3, 0.4) is 0 Å². The second-order valence-corrected chi connectivity index (χ2v) is 7.62. The summed E-state index contributed by atoms with van der Waals surface area (Å²) in [5.74, 6) is 0.0699. The Balaban J connectivity index is 1.30. The van der Waals surface area contributed by atoms with Gasteiger partial charge in [-0.3, -0.25) is 14.5 Å². The zero-order valence-corrected chi connectivity index (χ0v) is 16.7. The summed E-state index contributed by atoms with van der Waals surface area (Å²) in [6.07, 6.45) is 8.49. The summed E-state index contributed by atoms with van der Waals surface area (Å²) < 4.78 is 7.69. The van der Waals surface area contributed by atoms with Crippen molar-refractivity contribution in [2.24, 2.45) is 0 Å². The van der Waals surface area contributed by atoms with Gasteiger partial charge in [-0.15, -0.1) is 0 Å². The zero-order chi connectivity index (χ0) is 21.0. The number of amides is 4. The van der Waals surface area contributed by atoms with E-state index in [0.717, 1.165) is 12.8 Å². The molecule has 1 aliphatic heterocycles. The van der Waals surface area contributed by atoms with Gasteiger partial charge in [0.1, 0.15) is 17.9 Å². The van der Waals surface area contributed by atoms with Crippen molar-refractivity contribution in [2.75, 3.05) is 18.5 Å². The van der Waals surface area contributed by atoms with Crippen LogP contribution in [0.4, 0.5) is 10.5 Å². The number of rotatable bonds is 8. The number of para-hydroxylation sites is 2. The Morgan fingerprint density at radius 2 is 2.00 bits per heavy atom. The maximum Gasteiger partial charge on any atom is 0.325 e. The van der Waals surface area contributed by atoms with Crippen molar-refractivity contribution < 1.29 is 19.1 Å². The van der Waals surface area contributed by atoms with Gasteiger partial charge in [0.15, 0.2) is 0 Å². The van der Waals surface area contributed by atoms with Gasteiger partial charge in [0.25, 0.3) is 5.91 Å². The van der Waals surface area contributed by atoms with Gasteiger partial charge in [-0.25, -0.2) is 9.78 Å². The predicted molar refractivity (Wildman–Crippen MR) is 109 cm³/mol. The highest BCUT2D eigenvalue weighted by molar-refractivity contribution is 6.07. The molecule has 158 valence electrons. The molecule has 2 N–H and O–H groups in total. The van der Waals surface area contributed by atoms with Crippen molar-refractivity contribution >= 4 is 23.5 Å². The summed E-state index contributed by atoms with van der Waals surface area (Å²) in [4.78, 5) is 42.5. The van der Waals surface area contributed by atoms with E-state index in [1.165, 1.54) is 4.90 Å². The van der Waals surface area contributed by atoms with Crippen molar-refractivity contribution in [2.45, 2.75) is 44.2 Å². The van der Waals surface area contributed by atoms with Crippen LogP contribution in [0.1, 0.15) is 32.1 Å². The van der Waals surface area contributed by atoms with Crippen LogP contribution in [-0.2, 0) is 16.1 Å². The fraction of sp³-hybridized carbons (Fsp3) is 0.429. The number of nitrogens with one attached hydrogen (secondary N) is 2. The molecule has 2 aliphatic rings. The second kappa shape index (κ2) is 8.56. The molecule has 1 spiro atoms. The predicted octanol–water partition coefficient (Wildman–Crippen LogP) is 2.16. The molecule has 9 heteroatoms. The molecule has 1 aromatic carbocycles. The number of anilines is 1. The Bertz CT molecular complexity index is 921. The number of nitrogens with zero attached hydrogens (tertiary/aromatic N) is 3. The zero-order valence-electron chi connectivity index (χ0n) is 16.7. The number of hydrogen-bond donors (Lipinski definition) is 2. The Morgan fingerprint density at radius 1 is 1.20 bits per heavy atom. The van der Waals surface area contributed by atoms with Gasteiger partial charge in [-0.1, -0.05) is 25.0 Å². The van der Waals surface area contributed by atoms with Crippen molar-refractivity contribution in [3.8, 4) is 5.75 Å². The van der Waals surface area contributed by atoms with Gasteiger partial charge in [-0.05, 0) is 25.0 Å². The van der Waals surface area contributed by atoms with Crippen LogP contribution in [0.25, 0.3) is 0 Å². The van der Waals surface area contributed by atoms with Crippen LogP contribution in [0.15, 0.2) is 43.0 Å². The maximum atomic E-state index is 12.7. The van der Waals surface area contributed by atoms with E-state index in [1.54, 1.807) is 30.7 Å². The van der Waals surface area contributed by atoms with Crippen molar-refractivity contribution in [3.63, 3.8) is 0 Å². The fourth-order valence-electron chi connectivity index (χ4n) is 4.00. The van der Waals surface area contributed by atoms with Crippen molar-refractivity contribution in [3.05, 3.63) is 43.0 Å². The highest BCUT2D eigenvalue weighted by Crippen LogP contribution is 2.35. The minimum absolute atomic E-state index is 0.0264. The van der Waals surface area contributed by atoms with Crippen LogP contribution in [0.2, 0.25) is 0 Å². The molecule has 1 aromatic heterocycles. The third-order valence-corrected chi connectivity index (χ3v) is 5.59. The molecule has 30 heavy (non-hydrogen) atoms. The van der Waals surface area contributed by atoms with Crippen LogP contribution < -0.4 is 15.4 Å². The molecule has 1 aliphatic carbocycles. The lowest BCUT2D eigenvalue weighted by atomic mass is 9.98. The second-order valence-electron chi connectivity index (χ2n) is 7.62. The third-order valence-electron chi connectivity index (χ3n) is 5.59. The van der Waals surface area contributed by atoms with Crippen LogP contribution in [-0.4, -0.2) is 51.0 Å². The summed E-state index contributed by atoms with van der Waals surface area (Å²) in [5, 5.41) is 5.64. The molecule has 2 aromatic rings. The molecule has 4 amide bonds. The van der Waals surface area contributed by atoms with Gasteiger partial charge in [0.2, 0.25) is 5.91 Å². The van der Waals surface area contributed by atoms with E-state index in [0.29, 0.717) is 37.4 Å². The smallest absolute Gasteiger partial charge is 0.325 e. The van der Waals surface area contributed by atoms with E-state index >= 15 is 0 Å². The van der Waals surface area contributed by atoms with Gasteiger partial charge < -0.3 is 19.9 Å². The molecule has 2 fully saturated rings. The average Bonchev–Trinajstić information content (AvgIpc) is 3.46. The van der Waals surface area contributed by atoms with E-state index in [-0.39, 0.29) is 24.8 Å². The average molecular weight is 411 g/mol. The lowest BCUT2D eigenvalue weighted by molar-refractivity contribution is -0.131. The first-order valence-electron chi connectivity index (χ1n) is 10.2. The number of ether oxygens (including phenoxy) is 1. The number of carbonyl (C=O) groups excluding carboxylic acids is 3. The third kappa shape index (κ3) is 4.14. The lowest BCUT2D eigenvalue weighted by Gasteiger charge is -2.20. The summed E-state index contributed by atoms with van der Waals surface area (Å²) in [7, 11) is 0. The maximum absolute atomic E-state index is 12.7. The Labute approximate surface area is 174 Å². The van der Waals surface area contributed by atoms with Crippen LogP contribution in [0.5, 0.6) is 5.75 Å². The molecule has 2 heterocycles. The first-order chi connectivity index (χ1) is 14.6. The van der Waals surface area contributed by atoms with Gasteiger partial charge >= 0.3 is 6.03 Å². The molecular weight excluding hydrogens is 386 g/mol. The van der Waals surface area contributed by atoms with Crippen molar-refractivity contribution in [1.82, 2.24) is 19.8 Å². The summed E-state index contributed by atoms with van der Waals surface area (Å²) >= 11 is 0. The highest BCUT2D eigenvalue weighted by atomic mass is 16.5. The van der Waals surface area contributed by atoms with E-state index in [2.05, 4.69) is 15.6 Å². The number of aromatic nitrogens is 2. The molecule has 9 nitrogen and oxygen atoms in total. The van der Waals surface area contributed by atoms with E-state index in [4.69, 9.17) is 4.74 Å². The number of hydrogen-bond acceptors (Lipinski definition) is 5. The van der Waals surface area contributed by atoms with E-state index in [1.807, 2.05) is 16.8 Å². The van der Waals surface area contributed by atoms with E-state index in [9.17, 15) is 14.4 Å². The van der Waals surface area contributed by atoms with Gasteiger partial charge in [0, 0.05) is 25.4 Å². The molecule has 1 saturated carbocycles. The monoisotopic (exact) mass is 411 g/mol. The molecule has 4 rings (SSSR count). The SMILES string of the molecule is O=C(CCN1C(=O)NC2(CCCC2)C1=O)Nc1ccccc1OCCn1ccnc1. The molecule has 0 radical (unpaired) electrons. The molecule has 1 saturated heterocycles. The van der Waals surface area contributed by atoms with Gasteiger partial charge in [-0.2, -0.15) is 0 Å². The molecule has 0 atom stereocenters. The van der Waals surface area contributed by atoms with Crippen molar-refractivity contribution in [1.29, 1.82) is 0 Å². The normalized spacial score (nSPS) is 17.4. The van der Waals surface area contributed by atoms with Crippen LogP contribution >= 0.6 is 0 Å². The number of benzene rings is 1. The first kappa shape index (κ1) is 19.9. The Kier molecular flexibility index (Phi) is 5.69. The molecule has 0 bridgehead atoms. The minimum atomic E-state index is -0.747. The largest absolute Gasteiger partial charge is 0.490 e. The minimum Gasteiger partial charge on any atom is -0.490 e. The standard InChI is InChI=1S/C21H25N5O4/c27-18(7-11-26-19(28)21(24-20(26)29)8-3-4-9-21)23-16-5-1-2-6-17(16)30-14-13-25-12-10-22-15-25/h1-2,5-6,10,12,15H,3-4,7-9,11,13-14H2,(H,23,27)(H,24,29). The summed E-state index contributed by atoms with van der Waals surface area (Å²) in [5.41, 5.74) is -0.193. The topological polar surface area (TPSA) is 106 Å². The molecule has 0 unspecified atom stereocenters. The van der Waals surface area contributed by atoms with Gasteiger partial charge in [0.05, 0.1) is 18.6 Å². The van der Waals surface area contributed by atoms with E-state index < -0.39 is 11.6 Å². The number of urea groups is 1. The Hall–Kier alpha value is -3.36. The Morgan fingerprint density at radius 3 is 2.77 bits per heavy atom. The van der Waals surface area contributed by atoms with Crippen LogP contribution in [0, 0.1) is 0 Å². The first-order valence-corrected chi connectivity index (χ1v) is 10.2. The highest BCUT2D eigenvalue weighted by Gasteiger charge is 2.52. The number of imidazole rings is 1. The summed E-state index contributed by atoms with van der Waals surface area (Å²) in [6.45, 7) is 1.12. The molecular formula is C21H25N5O4. The number of imide groups is 1. The fourth-order valence-corrected chi connectivity index (χ4v) is 4.00. The quantitative estimate of drug-likeness (QED) is 0.648.